The number of aliphatic hydroxyl groups is 1. The third-order valence-electron chi connectivity index (χ3n) is 2.13. The van der Waals surface area contributed by atoms with E-state index in [9.17, 15) is 9.90 Å². The Kier molecular flexibility index (Phi) is 5.04. The van der Waals surface area contributed by atoms with E-state index in [-0.39, 0.29) is 5.76 Å². The quantitative estimate of drug-likeness (QED) is 0.682. The second kappa shape index (κ2) is 6.09. The molecule has 0 spiro atoms. The monoisotopic (exact) mass is 259 g/mol. The van der Waals surface area contributed by atoms with Crippen LogP contribution in [0.1, 0.15) is 23.2 Å². The van der Waals surface area contributed by atoms with E-state index in [1.807, 2.05) is 6.26 Å². The summed E-state index contributed by atoms with van der Waals surface area (Å²) in [5.74, 6) is 0.0316. The number of aromatic carboxylic acids is 1. The molecule has 0 bridgehead atoms. The van der Waals surface area contributed by atoms with E-state index in [1.54, 1.807) is 24.8 Å². The minimum absolute atomic E-state index is 0.0716. The number of rotatable bonds is 7. The maximum Gasteiger partial charge on any atom is 0.371 e. The Hall–Kier alpha value is -0.980. The van der Waals surface area contributed by atoms with Gasteiger partial charge in [-0.2, -0.15) is 11.8 Å². The van der Waals surface area contributed by atoms with Crippen LogP contribution in [-0.2, 0) is 6.54 Å². The zero-order valence-corrected chi connectivity index (χ0v) is 10.7. The summed E-state index contributed by atoms with van der Waals surface area (Å²) >= 11 is 1.57. The van der Waals surface area contributed by atoms with Crippen LogP contribution in [0.15, 0.2) is 16.5 Å². The Morgan fingerprint density at radius 1 is 1.59 bits per heavy atom. The fourth-order valence-corrected chi connectivity index (χ4v) is 2.13. The fraction of sp³-hybridized carbons (Fsp3) is 0.545. The number of hydrogen-bond donors (Lipinski definition) is 3. The van der Waals surface area contributed by atoms with Gasteiger partial charge in [-0.25, -0.2) is 4.79 Å². The maximum atomic E-state index is 10.6. The van der Waals surface area contributed by atoms with Gasteiger partial charge in [-0.1, -0.05) is 0 Å². The molecule has 96 valence electrons. The van der Waals surface area contributed by atoms with Crippen molar-refractivity contribution in [3.8, 4) is 0 Å². The van der Waals surface area contributed by atoms with Crippen LogP contribution in [0.2, 0.25) is 0 Å². The van der Waals surface area contributed by atoms with Crippen LogP contribution >= 0.6 is 11.8 Å². The Morgan fingerprint density at radius 3 is 2.82 bits per heavy atom. The molecule has 0 saturated heterocycles. The predicted molar refractivity (Wildman–Crippen MR) is 66.4 cm³/mol. The second-order valence-corrected chi connectivity index (χ2v) is 4.97. The zero-order chi connectivity index (χ0) is 12.9. The van der Waals surface area contributed by atoms with Gasteiger partial charge in [-0.15, -0.1) is 0 Å². The average Bonchev–Trinajstić information content (AvgIpc) is 2.66. The van der Waals surface area contributed by atoms with Gasteiger partial charge in [0.2, 0.25) is 5.76 Å². The van der Waals surface area contributed by atoms with Crippen molar-refractivity contribution in [2.24, 2.45) is 0 Å². The van der Waals surface area contributed by atoms with Gasteiger partial charge in [0.15, 0.2) is 0 Å². The highest BCUT2D eigenvalue weighted by Crippen LogP contribution is 2.11. The van der Waals surface area contributed by atoms with Crippen LogP contribution < -0.4 is 5.32 Å². The lowest BCUT2D eigenvalue weighted by molar-refractivity contribution is 0.0657. The third-order valence-corrected chi connectivity index (χ3v) is 3.04. The molecule has 0 aliphatic carbocycles. The minimum atomic E-state index is -1.08. The molecule has 0 aromatic carbocycles. The van der Waals surface area contributed by atoms with Crippen molar-refractivity contribution in [3.05, 3.63) is 23.7 Å². The summed E-state index contributed by atoms with van der Waals surface area (Å²) < 4.78 is 5.07. The van der Waals surface area contributed by atoms with Crippen molar-refractivity contribution < 1.29 is 19.4 Å². The number of carboxylic acids is 1. The molecule has 6 heteroatoms. The third kappa shape index (κ3) is 4.80. The molecule has 0 aliphatic heterocycles. The largest absolute Gasteiger partial charge is 0.475 e. The Morgan fingerprint density at radius 2 is 2.29 bits per heavy atom. The Balaban J connectivity index is 2.38. The van der Waals surface area contributed by atoms with Crippen LogP contribution in [0.5, 0.6) is 0 Å². The molecule has 1 rings (SSSR count). The lowest BCUT2D eigenvalue weighted by atomic mass is 10.1. The van der Waals surface area contributed by atoms with E-state index >= 15 is 0 Å². The van der Waals surface area contributed by atoms with Crippen LogP contribution in [-0.4, -0.2) is 40.3 Å². The molecule has 0 aliphatic rings. The molecule has 3 N–H and O–H groups in total. The van der Waals surface area contributed by atoms with E-state index in [0.717, 1.165) is 0 Å². The lowest BCUT2D eigenvalue weighted by Crippen LogP contribution is -2.39. The SMILES string of the molecule is CSCC(C)(O)CNCc1ccc(C(=O)O)o1. The summed E-state index contributed by atoms with van der Waals surface area (Å²) in [6, 6.07) is 3.03. The number of carboxylic acid groups (broad SMARTS) is 1. The first kappa shape index (κ1) is 14.1. The first-order valence-corrected chi connectivity index (χ1v) is 6.58. The standard InChI is InChI=1S/C11H17NO4S/c1-11(15,7-17-2)6-12-5-8-3-4-9(16-8)10(13)14/h3-4,12,15H,5-7H2,1-2H3,(H,13,14). The van der Waals surface area contributed by atoms with Gasteiger partial charge in [0, 0.05) is 12.3 Å². The summed E-state index contributed by atoms with van der Waals surface area (Å²) in [5.41, 5.74) is -0.776. The molecule has 5 nitrogen and oxygen atoms in total. The smallest absolute Gasteiger partial charge is 0.371 e. The normalized spacial score (nSPS) is 14.5. The molecule has 0 amide bonds. The Bertz CT molecular complexity index is 375. The molecule has 0 saturated carbocycles. The summed E-state index contributed by atoms with van der Waals surface area (Å²) in [7, 11) is 0. The van der Waals surface area contributed by atoms with Crippen molar-refractivity contribution in [3.63, 3.8) is 0 Å². The van der Waals surface area contributed by atoms with Crippen molar-refractivity contribution in [1.29, 1.82) is 0 Å². The van der Waals surface area contributed by atoms with Gasteiger partial charge < -0.3 is 19.9 Å². The van der Waals surface area contributed by atoms with E-state index < -0.39 is 11.6 Å². The highest BCUT2D eigenvalue weighted by Gasteiger charge is 2.19. The predicted octanol–water partition coefficient (Wildman–Crippen LogP) is 1.18. The zero-order valence-electron chi connectivity index (χ0n) is 9.90. The molecule has 17 heavy (non-hydrogen) atoms. The molecule has 1 aromatic rings. The van der Waals surface area contributed by atoms with Crippen molar-refractivity contribution >= 4 is 17.7 Å². The molecule has 0 radical (unpaired) electrons. The van der Waals surface area contributed by atoms with Crippen LogP contribution in [0, 0.1) is 0 Å². The summed E-state index contributed by atoms with van der Waals surface area (Å²) in [6.07, 6.45) is 1.93. The first-order chi connectivity index (χ1) is 7.94. The van der Waals surface area contributed by atoms with E-state index in [0.29, 0.717) is 24.6 Å². The van der Waals surface area contributed by atoms with Gasteiger partial charge in [0.05, 0.1) is 12.1 Å². The number of thioether (sulfide) groups is 1. The van der Waals surface area contributed by atoms with E-state index in [1.165, 1.54) is 6.07 Å². The molecule has 1 aromatic heterocycles. The molecule has 1 heterocycles. The van der Waals surface area contributed by atoms with Gasteiger partial charge in [-0.05, 0) is 25.3 Å². The van der Waals surface area contributed by atoms with Gasteiger partial charge in [0.25, 0.3) is 0 Å². The average molecular weight is 259 g/mol. The van der Waals surface area contributed by atoms with Crippen LogP contribution in [0.3, 0.4) is 0 Å². The van der Waals surface area contributed by atoms with Crippen molar-refractivity contribution in [2.75, 3.05) is 18.6 Å². The van der Waals surface area contributed by atoms with Gasteiger partial charge in [-0.3, -0.25) is 0 Å². The molecule has 1 unspecified atom stereocenters. The van der Waals surface area contributed by atoms with Gasteiger partial charge >= 0.3 is 5.97 Å². The maximum absolute atomic E-state index is 10.6. The topological polar surface area (TPSA) is 82.7 Å². The Labute approximate surface area is 104 Å². The van der Waals surface area contributed by atoms with E-state index in [2.05, 4.69) is 5.32 Å². The minimum Gasteiger partial charge on any atom is -0.475 e. The highest BCUT2D eigenvalue weighted by atomic mass is 32.2. The number of carbonyl (C=O) groups is 1. The molecular formula is C11H17NO4S. The highest BCUT2D eigenvalue weighted by molar-refractivity contribution is 7.98. The number of hydrogen-bond acceptors (Lipinski definition) is 5. The summed E-state index contributed by atoms with van der Waals surface area (Å²) in [4.78, 5) is 10.6. The molecule has 1 atom stereocenters. The molecule has 0 fully saturated rings. The van der Waals surface area contributed by atoms with Crippen molar-refractivity contribution in [2.45, 2.75) is 19.1 Å². The van der Waals surface area contributed by atoms with Crippen LogP contribution in [0.4, 0.5) is 0 Å². The number of nitrogens with one attached hydrogen (secondary N) is 1. The van der Waals surface area contributed by atoms with Gasteiger partial charge in [0.1, 0.15) is 5.76 Å². The van der Waals surface area contributed by atoms with Crippen LogP contribution in [0.25, 0.3) is 0 Å². The fourth-order valence-electron chi connectivity index (χ4n) is 1.40. The molecular weight excluding hydrogens is 242 g/mol. The van der Waals surface area contributed by atoms with Crippen molar-refractivity contribution in [1.82, 2.24) is 5.32 Å². The number of furan rings is 1. The van der Waals surface area contributed by atoms with E-state index in [4.69, 9.17) is 9.52 Å². The summed E-state index contributed by atoms with van der Waals surface area (Å²) in [5, 5.41) is 21.6. The summed E-state index contributed by atoms with van der Waals surface area (Å²) in [6.45, 7) is 2.58. The lowest BCUT2D eigenvalue weighted by Gasteiger charge is -2.22. The first-order valence-electron chi connectivity index (χ1n) is 5.18. The second-order valence-electron chi connectivity index (χ2n) is 4.10.